The normalized spacial score (nSPS) is 40.8. The number of likely N-dealkylation sites (tertiary alicyclic amines) is 1. The zero-order valence-corrected chi connectivity index (χ0v) is 13.6. The van der Waals surface area contributed by atoms with Gasteiger partial charge in [0.1, 0.15) is 6.04 Å². The summed E-state index contributed by atoms with van der Waals surface area (Å²) in [6, 6.07) is -0.362. The first-order valence-corrected chi connectivity index (χ1v) is 9.15. The maximum absolute atomic E-state index is 12.9. The molecule has 2 amide bonds. The molecule has 5 aliphatic rings. The Morgan fingerprint density at radius 1 is 1.00 bits per heavy atom. The van der Waals surface area contributed by atoms with Crippen LogP contribution in [0.5, 0.6) is 0 Å². The summed E-state index contributed by atoms with van der Waals surface area (Å²) < 4.78 is 0. The van der Waals surface area contributed by atoms with Crippen LogP contribution in [0, 0.1) is 23.2 Å². The van der Waals surface area contributed by atoms with Crippen molar-refractivity contribution in [3.63, 3.8) is 0 Å². The Bertz CT molecular complexity index is 446. The van der Waals surface area contributed by atoms with Crippen molar-refractivity contribution in [3.8, 4) is 0 Å². The number of rotatable bonds is 3. The van der Waals surface area contributed by atoms with Gasteiger partial charge in [0.15, 0.2) is 0 Å². The van der Waals surface area contributed by atoms with Crippen molar-refractivity contribution in [2.45, 2.75) is 64.3 Å². The first-order chi connectivity index (χ1) is 10.6. The third-order valence-corrected chi connectivity index (χ3v) is 6.66. The van der Waals surface area contributed by atoms with Crippen LogP contribution < -0.4 is 5.32 Å². The number of amides is 2. The standard InChI is InChI=1S/C18H28N2O2/c1-12(16(21)20-4-2-3-5-20)19-17(22)18-9-13-6-14(10-18)8-15(7-13)11-18/h12-15H,2-11H2,1H3,(H,19,22)/t12-,13?,14?,15?,18?/m1/s1. The van der Waals surface area contributed by atoms with Crippen LogP contribution in [0.15, 0.2) is 0 Å². The summed E-state index contributed by atoms with van der Waals surface area (Å²) in [5.74, 6) is 2.58. The summed E-state index contributed by atoms with van der Waals surface area (Å²) in [6.07, 6.45) is 9.42. The minimum absolute atomic E-state index is 0.107. The summed E-state index contributed by atoms with van der Waals surface area (Å²) in [7, 11) is 0. The van der Waals surface area contributed by atoms with Gasteiger partial charge in [0, 0.05) is 18.5 Å². The van der Waals surface area contributed by atoms with Gasteiger partial charge in [0.25, 0.3) is 0 Å². The van der Waals surface area contributed by atoms with E-state index in [2.05, 4.69) is 5.32 Å². The second kappa shape index (κ2) is 5.24. The molecule has 4 saturated carbocycles. The Kier molecular flexibility index (Phi) is 3.46. The Hall–Kier alpha value is -1.06. The lowest BCUT2D eigenvalue weighted by atomic mass is 9.49. The molecule has 4 aliphatic carbocycles. The molecule has 0 unspecified atom stereocenters. The summed E-state index contributed by atoms with van der Waals surface area (Å²) in [6.45, 7) is 3.58. The largest absolute Gasteiger partial charge is 0.344 e. The van der Waals surface area contributed by atoms with E-state index in [0.29, 0.717) is 0 Å². The average molecular weight is 304 g/mol. The van der Waals surface area contributed by atoms with Gasteiger partial charge in [-0.2, -0.15) is 0 Å². The maximum Gasteiger partial charge on any atom is 0.244 e. The number of nitrogens with one attached hydrogen (secondary N) is 1. The minimum Gasteiger partial charge on any atom is -0.344 e. The van der Waals surface area contributed by atoms with Crippen molar-refractivity contribution in [2.75, 3.05) is 13.1 Å². The van der Waals surface area contributed by atoms with Gasteiger partial charge in [0.2, 0.25) is 11.8 Å². The van der Waals surface area contributed by atoms with E-state index in [1.165, 1.54) is 19.3 Å². The molecule has 4 heteroatoms. The number of nitrogens with zero attached hydrogens (tertiary/aromatic N) is 1. The molecule has 1 heterocycles. The first-order valence-electron chi connectivity index (χ1n) is 9.15. The second-order valence-electron chi connectivity index (χ2n) is 8.43. The minimum atomic E-state index is -0.362. The van der Waals surface area contributed by atoms with Crippen LogP contribution in [-0.4, -0.2) is 35.8 Å². The van der Waals surface area contributed by atoms with Gasteiger partial charge < -0.3 is 10.2 Å². The molecule has 5 rings (SSSR count). The molecule has 22 heavy (non-hydrogen) atoms. The molecule has 1 atom stereocenters. The van der Waals surface area contributed by atoms with Crippen LogP contribution in [0.2, 0.25) is 0 Å². The fourth-order valence-electron chi connectivity index (χ4n) is 6.01. The quantitative estimate of drug-likeness (QED) is 0.870. The number of carbonyl (C=O) groups excluding carboxylic acids is 2. The van der Waals surface area contributed by atoms with Crippen molar-refractivity contribution in [3.05, 3.63) is 0 Å². The Labute approximate surface area is 133 Å². The van der Waals surface area contributed by atoms with E-state index in [0.717, 1.165) is 62.9 Å². The highest BCUT2D eigenvalue weighted by Crippen LogP contribution is 2.60. The van der Waals surface area contributed by atoms with Crippen LogP contribution in [-0.2, 0) is 9.59 Å². The van der Waals surface area contributed by atoms with Crippen molar-refractivity contribution in [1.82, 2.24) is 10.2 Å². The highest BCUT2D eigenvalue weighted by atomic mass is 16.2. The number of hydrogen-bond donors (Lipinski definition) is 1. The van der Waals surface area contributed by atoms with Crippen LogP contribution in [0.1, 0.15) is 58.3 Å². The zero-order valence-electron chi connectivity index (χ0n) is 13.6. The fourth-order valence-corrected chi connectivity index (χ4v) is 6.01. The van der Waals surface area contributed by atoms with E-state index >= 15 is 0 Å². The fraction of sp³-hybridized carbons (Fsp3) is 0.889. The Morgan fingerprint density at radius 3 is 2.00 bits per heavy atom. The highest BCUT2D eigenvalue weighted by molar-refractivity contribution is 5.90. The van der Waals surface area contributed by atoms with Crippen LogP contribution in [0.4, 0.5) is 0 Å². The topological polar surface area (TPSA) is 49.4 Å². The molecule has 0 aromatic heterocycles. The SMILES string of the molecule is C[C@@H](NC(=O)C12CC3CC(CC(C3)C1)C2)C(=O)N1CCCC1. The summed E-state index contributed by atoms with van der Waals surface area (Å²) in [4.78, 5) is 27.3. The molecule has 1 saturated heterocycles. The Morgan fingerprint density at radius 2 is 1.50 bits per heavy atom. The van der Waals surface area contributed by atoms with E-state index in [1.807, 2.05) is 11.8 Å². The second-order valence-corrected chi connectivity index (χ2v) is 8.43. The first kappa shape index (κ1) is 14.5. The van der Waals surface area contributed by atoms with Crippen molar-refractivity contribution < 1.29 is 9.59 Å². The van der Waals surface area contributed by atoms with Gasteiger partial charge in [-0.25, -0.2) is 0 Å². The molecule has 1 aliphatic heterocycles. The van der Waals surface area contributed by atoms with E-state index in [-0.39, 0.29) is 23.3 Å². The number of carbonyl (C=O) groups is 2. The van der Waals surface area contributed by atoms with Gasteiger partial charge in [-0.15, -0.1) is 0 Å². The lowest BCUT2D eigenvalue weighted by molar-refractivity contribution is -0.149. The summed E-state index contributed by atoms with van der Waals surface area (Å²) >= 11 is 0. The van der Waals surface area contributed by atoms with Crippen LogP contribution >= 0.6 is 0 Å². The molecule has 122 valence electrons. The van der Waals surface area contributed by atoms with Gasteiger partial charge in [-0.3, -0.25) is 9.59 Å². The predicted molar refractivity (Wildman–Crippen MR) is 84.0 cm³/mol. The van der Waals surface area contributed by atoms with Gasteiger partial charge in [-0.05, 0) is 76.0 Å². The molecular formula is C18H28N2O2. The molecule has 0 radical (unpaired) electrons. The van der Waals surface area contributed by atoms with Crippen molar-refractivity contribution in [2.24, 2.45) is 23.2 Å². The molecule has 0 spiro atoms. The van der Waals surface area contributed by atoms with Crippen molar-refractivity contribution >= 4 is 11.8 Å². The third-order valence-electron chi connectivity index (χ3n) is 6.66. The zero-order chi connectivity index (χ0) is 15.3. The monoisotopic (exact) mass is 304 g/mol. The molecular weight excluding hydrogens is 276 g/mol. The van der Waals surface area contributed by atoms with Gasteiger partial charge in [0.05, 0.1) is 0 Å². The molecule has 4 nitrogen and oxygen atoms in total. The average Bonchev–Trinajstić information content (AvgIpc) is 2.99. The Balaban J connectivity index is 1.42. The smallest absolute Gasteiger partial charge is 0.244 e. The van der Waals surface area contributed by atoms with Crippen LogP contribution in [0.3, 0.4) is 0 Å². The van der Waals surface area contributed by atoms with E-state index < -0.39 is 0 Å². The lowest BCUT2D eigenvalue weighted by Crippen LogP contribution is -2.56. The maximum atomic E-state index is 12.9. The molecule has 4 bridgehead atoms. The number of hydrogen-bond acceptors (Lipinski definition) is 2. The van der Waals surface area contributed by atoms with E-state index in [1.54, 1.807) is 0 Å². The van der Waals surface area contributed by atoms with Crippen molar-refractivity contribution in [1.29, 1.82) is 0 Å². The summed E-state index contributed by atoms with van der Waals surface area (Å²) in [5, 5.41) is 3.08. The summed E-state index contributed by atoms with van der Waals surface area (Å²) in [5.41, 5.74) is -0.145. The van der Waals surface area contributed by atoms with Gasteiger partial charge in [-0.1, -0.05) is 0 Å². The third kappa shape index (κ3) is 2.35. The highest BCUT2D eigenvalue weighted by Gasteiger charge is 2.54. The van der Waals surface area contributed by atoms with Gasteiger partial charge >= 0.3 is 0 Å². The molecule has 0 aromatic rings. The molecule has 0 aromatic carbocycles. The van der Waals surface area contributed by atoms with E-state index in [4.69, 9.17) is 0 Å². The van der Waals surface area contributed by atoms with Crippen LogP contribution in [0.25, 0.3) is 0 Å². The predicted octanol–water partition coefficient (Wildman–Crippen LogP) is 2.33. The molecule has 5 fully saturated rings. The lowest BCUT2D eigenvalue weighted by Gasteiger charge is -2.55. The van der Waals surface area contributed by atoms with E-state index in [9.17, 15) is 9.59 Å². The molecule has 1 N–H and O–H groups in total.